The molecule has 1 atom stereocenters. The summed E-state index contributed by atoms with van der Waals surface area (Å²) in [7, 11) is 1.64. The van der Waals surface area contributed by atoms with Crippen molar-refractivity contribution >= 4 is 29.5 Å². The Balaban J connectivity index is 2.43. The second-order valence-corrected chi connectivity index (χ2v) is 6.45. The molecular formula is C14H24N2O4S. The molecule has 1 aliphatic rings. The molecule has 1 N–H and O–H groups in total. The van der Waals surface area contributed by atoms with Gasteiger partial charge in [-0.3, -0.25) is 14.4 Å². The van der Waals surface area contributed by atoms with Gasteiger partial charge in [0.2, 0.25) is 11.8 Å². The first-order valence-corrected chi connectivity index (χ1v) is 8.50. The topological polar surface area (TPSA) is 77.9 Å². The van der Waals surface area contributed by atoms with Crippen molar-refractivity contribution in [3.05, 3.63) is 0 Å². The molecule has 2 amide bonds. The van der Waals surface area contributed by atoms with Crippen LogP contribution in [0.4, 0.5) is 0 Å². The number of amides is 2. The monoisotopic (exact) mass is 316 g/mol. The van der Waals surface area contributed by atoms with Crippen LogP contribution in [0.5, 0.6) is 0 Å². The summed E-state index contributed by atoms with van der Waals surface area (Å²) in [6.07, 6.45) is 2.92. The predicted molar refractivity (Wildman–Crippen MR) is 82.1 cm³/mol. The van der Waals surface area contributed by atoms with E-state index in [2.05, 4.69) is 0 Å². The van der Waals surface area contributed by atoms with Gasteiger partial charge in [-0.15, -0.1) is 0 Å². The van der Waals surface area contributed by atoms with E-state index < -0.39 is 5.97 Å². The zero-order chi connectivity index (χ0) is 16.0. The standard InChI is InChI=1S/C14H24N2O4S/c1-10(9-21-3)13(18)15(2)8-12(17)16-6-4-11(5-7-16)14(19)20/h10-11H,4-9H2,1-3H3,(H,19,20). The number of carboxylic acids is 1. The van der Waals surface area contributed by atoms with Gasteiger partial charge in [0.25, 0.3) is 0 Å². The zero-order valence-electron chi connectivity index (χ0n) is 12.9. The van der Waals surface area contributed by atoms with Gasteiger partial charge in [0.15, 0.2) is 0 Å². The van der Waals surface area contributed by atoms with Gasteiger partial charge in [-0.2, -0.15) is 11.8 Å². The minimum Gasteiger partial charge on any atom is -0.481 e. The van der Waals surface area contributed by atoms with E-state index in [1.54, 1.807) is 23.7 Å². The van der Waals surface area contributed by atoms with Gasteiger partial charge in [0.05, 0.1) is 12.5 Å². The van der Waals surface area contributed by atoms with Crippen LogP contribution in [-0.4, -0.2) is 71.4 Å². The van der Waals surface area contributed by atoms with E-state index in [1.165, 1.54) is 4.90 Å². The van der Waals surface area contributed by atoms with Crippen LogP contribution in [0, 0.1) is 11.8 Å². The van der Waals surface area contributed by atoms with Crippen LogP contribution in [0.15, 0.2) is 0 Å². The Hall–Kier alpha value is -1.24. The maximum Gasteiger partial charge on any atom is 0.306 e. The number of carbonyl (C=O) groups is 3. The van der Waals surface area contributed by atoms with Crippen molar-refractivity contribution in [2.75, 3.05) is 38.7 Å². The molecule has 120 valence electrons. The summed E-state index contributed by atoms with van der Waals surface area (Å²) in [4.78, 5) is 38.2. The van der Waals surface area contributed by atoms with E-state index in [0.29, 0.717) is 25.9 Å². The Morgan fingerprint density at radius 3 is 2.38 bits per heavy atom. The fourth-order valence-corrected chi connectivity index (χ4v) is 3.10. The van der Waals surface area contributed by atoms with Crippen molar-refractivity contribution in [3.8, 4) is 0 Å². The van der Waals surface area contributed by atoms with Gasteiger partial charge < -0.3 is 14.9 Å². The molecule has 1 rings (SSSR count). The largest absolute Gasteiger partial charge is 0.481 e. The number of hydrogen-bond acceptors (Lipinski definition) is 4. The summed E-state index contributed by atoms with van der Waals surface area (Å²) in [5.41, 5.74) is 0. The molecule has 1 fully saturated rings. The highest BCUT2D eigenvalue weighted by Gasteiger charge is 2.28. The Labute approximate surface area is 129 Å². The van der Waals surface area contributed by atoms with Crippen molar-refractivity contribution < 1.29 is 19.5 Å². The molecule has 1 aliphatic heterocycles. The number of hydrogen-bond donors (Lipinski definition) is 1. The molecule has 21 heavy (non-hydrogen) atoms. The Morgan fingerprint density at radius 2 is 1.90 bits per heavy atom. The molecule has 0 bridgehead atoms. The molecule has 1 saturated heterocycles. The van der Waals surface area contributed by atoms with Crippen molar-refractivity contribution in [3.63, 3.8) is 0 Å². The number of carboxylic acid groups (broad SMARTS) is 1. The second kappa shape index (κ2) is 8.26. The Kier molecular flexibility index (Phi) is 7.01. The highest BCUT2D eigenvalue weighted by atomic mass is 32.2. The first-order chi connectivity index (χ1) is 9.86. The Morgan fingerprint density at radius 1 is 1.33 bits per heavy atom. The molecule has 0 aromatic rings. The molecule has 7 heteroatoms. The quantitative estimate of drug-likeness (QED) is 0.783. The molecular weight excluding hydrogens is 292 g/mol. The minimum atomic E-state index is -0.791. The fourth-order valence-electron chi connectivity index (χ4n) is 2.45. The third kappa shape index (κ3) is 5.22. The molecule has 0 aliphatic carbocycles. The normalized spacial score (nSPS) is 17.4. The number of thioether (sulfide) groups is 1. The van der Waals surface area contributed by atoms with Gasteiger partial charge in [-0.1, -0.05) is 6.92 Å². The maximum atomic E-state index is 12.1. The number of likely N-dealkylation sites (N-methyl/N-ethyl adjacent to an activating group) is 1. The number of nitrogens with zero attached hydrogens (tertiary/aromatic N) is 2. The Bertz CT molecular complexity index is 394. The fraction of sp³-hybridized carbons (Fsp3) is 0.786. The van der Waals surface area contributed by atoms with E-state index >= 15 is 0 Å². The van der Waals surface area contributed by atoms with Gasteiger partial charge >= 0.3 is 5.97 Å². The van der Waals surface area contributed by atoms with Gasteiger partial charge in [0.1, 0.15) is 0 Å². The highest BCUT2D eigenvalue weighted by molar-refractivity contribution is 7.98. The van der Waals surface area contributed by atoms with E-state index in [9.17, 15) is 14.4 Å². The summed E-state index contributed by atoms with van der Waals surface area (Å²) in [5, 5.41) is 8.93. The molecule has 0 aromatic carbocycles. The number of likely N-dealkylation sites (tertiary alicyclic amines) is 1. The van der Waals surface area contributed by atoms with Crippen LogP contribution in [-0.2, 0) is 14.4 Å². The zero-order valence-corrected chi connectivity index (χ0v) is 13.7. The van der Waals surface area contributed by atoms with Crippen LogP contribution < -0.4 is 0 Å². The van der Waals surface area contributed by atoms with Crippen molar-refractivity contribution in [1.82, 2.24) is 9.80 Å². The van der Waals surface area contributed by atoms with Gasteiger partial charge in [-0.05, 0) is 19.1 Å². The molecule has 1 heterocycles. The van der Waals surface area contributed by atoms with Crippen molar-refractivity contribution in [1.29, 1.82) is 0 Å². The van der Waals surface area contributed by atoms with Crippen molar-refractivity contribution in [2.45, 2.75) is 19.8 Å². The van der Waals surface area contributed by atoms with E-state index in [4.69, 9.17) is 5.11 Å². The molecule has 1 unspecified atom stereocenters. The predicted octanol–water partition coefficient (Wildman–Crippen LogP) is 0.767. The number of carbonyl (C=O) groups excluding carboxylic acids is 2. The number of aliphatic carboxylic acids is 1. The minimum absolute atomic E-state index is 0.0295. The molecule has 0 aromatic heterocycles. The van der Waals surface area contributed by atoms with E-state index in [1.807, 2.05) is 13.2 Å². The SMILES string of the molecule is CSCC(C)C(=O)N(C)CC(=O)N1CCC(C(=O)O)CC1. The lowest BCUT2D eigenvalue weighted by Crippen LogP contribution is -2.46. The van der Waals surface area contributed by atoms with Crippen LogP contribution in [0.1, 0.15) is 19.8 Å². The summed E-state index contributed by atoms with van der Waals surface area (Å²) < 4.78 is 0. The molecule has 6 nitrogen and oxygen atoms in total. The second-order valence-electron chi connectivity index (χ2n) is 5.54. The van der Waals surface area contributed by atoms with Gasteiger partial charge in [0, 0.05) is 31.8 Å². The lowest BCUT2D eigenvalue weighted by Gasteiger charge is -2.31. The van der Waals surface area contributed by atoms with Crippen LogP contribution in [0.3, 0.4) is 0 Å². The third-order valence-electron chi connectivity index (χ3n) is 3.78. The first-order valence-electron chi connectivity index (χ1n) is 7.11. The highest BCUT2D eigenvalue weighted by Crippen LogP contribution is 2.17. The van der Waals surface area contributed by atoms with Crippen LogP contribution >= 0.6 is 11.8 Å². The number of piperidine rings is 1. The van der Waals surface area contributed by atoms with Crippen molar-refractivity contribution in [2.24, 2.45) is 11.8 Å². The van der Waals surface area contributed by atoms with Crippen LogP contribution in [0.25, 0.3) is 0 Å². The average Bonchev–Trinajstić information content (AvgIpc) is 2.46. The summed E-state index contributed by atoms with van der Waals surface area (Å²) in [6.45, 7) is 2.84. The number of rotatable bonds is 6. The molecule has 0 spiro atoms. The van der Waals surface area contributed by atoms with Gasteiger partial charge in [-0.25, -0.2) is 0 Å². The first kappa shape index (κ1) is 17.8. The van der Waals surface area contributed by atoms with Crippen LogP contribution in [0.2, 0.25) is 0 Å². The maximum absolute atomic E-state index is 12.1. The molecule has 0 radical (unpaired) electrons. The molecule has 0 saturated carbocycles. The smallest absolute Gasteiger partial charge is 0.306 e. The summed E-state index contributed by atoms with van der Waals surface area (Å²) in [5.74, 6) is -0.642. The average molecular weight is 316 g/mol. The lowest BCUT2D eigenvalue weighted by atomic mass is 9.97. The van der Waals surface area contributed by atoms with E-state index in [0.717, 1.165) is 5.75 Å². The third-order valence-corrected chi connectivity index (χ3v) is 4.62. The summed E-state index contributed by atoms with van der Waals surface area (Å²) >= 11 is 1.61. The summed E-state index contributed by atoms with van der Waals surface area (Å²) in [6, 6.07) is 0. The lowest BCUT2D eigenvalue weighted by molar-refractivity contribution is -0.146. The van der Waals surface area contributed by atoms with E-state index in [-0.39, 0.29) is 30.2 Å².